The van der Waals surface area contributed by atoms with Gasteiger partial charge in [0, 0.05) is 5.02 Å². The molecule has 0 fully saturated rings. The largest absolute Gasteiger partial charge is 0.431 e. The van der Waals surface area contributed by atoms with Crippen LogP contribution in [0.3, 0.4) is 0 Å². The number of hydrogen-bond donors (Lipinski definition) is 2. The molecule has 0 aliphatic heterocycles. The molecule has 7 heteroatoms. The Hall–Kier alpha value is -1.24. The standard InChI is InChI=1S/C9H7ClN2O3S/c10-5-1-2-7-6(3-5)11-9(15-7)16-4-8(13)12-14/h1-3,14H,4H2,(H,12,13). The molecule has 1 heterocycles. The third-order valence-corrected chi connectivity index (χ3v) is 2.84. The molecule has 2 aromatic rings. The monoisotopic (exact) mass is 258 g/mol. The number of rotatable bonds is 3. The zero-order valence-electron chi connectivity index (χ0n) is 7.94. The van der Waals surface area contributed by atoms with E-state index in [1.165, 1.54) is 5.48 Å². The summed E-state index contributed by atoms with van der Waals surface area (Å²) in [6, 6.07) is 5.08. The molecule has 0 atom stereocenters. The summed E-state index contributed by atoms with van der Waals surface area (Å²) in [5.74, 6) is -0.470. The van der Waals surface area contributed by atoms with Crippen LogP contribution in [0.5, 0.6) is 0 Å². The van der Waals surface area contributed by atoms with Gasteiger partial charge in [0.15, 0.2) is 5.58 Å². The van der Waals surface area contributed by atoms with Gasteiger partial charge in [-0.05, 0) is 18.2 Å². The molecule has 0 aliphatic carbocycles. The average molecular weight is 259 g/mol. The van der Waals surface area contributed by atoms with Gasteiger partial charge in [-0.2, -0.15) is 0 Å². The Balaban J connectivity index is 2.16. The zero-order chi connectivity index (χ0) is 11.5. The lowest BCUT2D eigenvalue weighted by atomic mass is 10.3. The third-order valence-electron chi connectivity index (χ3n) is 1.78. The van der Waals surface area contributed by atoms with E-state index in [-0.39, 0.29) is 5.75 Å². The molecule has 16 heavy (non-hydrogen) atoms. The van der Waals surface area contributed by atoms with Crippen molar-refractivity contribution in [3.8, 4) is 0 Å². The fourth-order valence-electron chi connectivity index (χ4n) is 1.10. The predicted molar refractivity (Wildman–Crippen MR) is 59.7 cm³/mol. The molecule has 0 saturated carbocycles. The molecule has 0 radical (unpaired) electrons. The quantitative estimate of drug-likeness (QED) is 0.501. The van der Waals surface area contributed by atoms with Gasteiger partial charge in [-0.25, -0.2) is 10.5 Å². The van der Waals surface area contributed by atoms with Gasteiger partial charge in [0.25, 0.3) is 11.1 Å². The Labute approximate surface area is 99.7 Å². The van der Waals surface area contributed by atoms with Crippen molar-refractivity contribution < 1.29 is 14.4 Å². The molecule has 84 valence electrons. The first kappa shape index (κ1) is 11.3. The number of thioether (sulfide) groups is 1. The summed E-state index contributed by atoms with van der Waals surface area (Å²) in [6.45, 7) is 0. The maximum Gasteiger partial charge on any atom is 0.257 e. The highest BCUT2D eigenvalue weighted by Gasteiger charge is 2.08. The SMILES string of the molecule is O=C(CSc1nc2cc(Cl)ccc2o1)NO. The molecule has 1 aromatic heterocycles. The van der Waals surface area contributed by atoms with Crippen LogP contribution in [0.15, 0.2) is 27.8 Å². The van der Waals surface area contributed by atoms with Crippen LogP contribution >= 0.6 is 23.4 Å². The van der Waals surface area contributed by atoms with Crippen LogP contribution in [0.2, 0.25) is 5.02 Å². The minimum atomic E-state index is -0.509. The van der Waals surface area contributed by atoms with Crippen LogP contribution in [0.25, 0.3) is 11.1 Å². The zero-order valence-corrected chi connectivity index (χ0v) is 9.51. The first-order chi connectivity index (χ1) is 7.69. The smallest absolute Gasteiger partial charge is 0.257 e. The van der Waals surface area contributed by atoms with E-state index in [0.717, 1.165) is 11.8 Å². The number of hydrogen-bond acceptors (Lipinski definition) is 5. The molecule has 0 saturated heterocycles. The first-order valence-electron chi connectivity index (χ1n) is 4.31. The summed E-state index contributed by atoms with van der Waals surface area (Å²) in [5.41, 5.74) is 2.77. The van der Waals surface area contributed by atoms with Gasteiger partial charge in [-0.15, -0.1) is 0 Å². The molecule has 2 rings (SSSR count). The van der Waals surface area contributed by atoms with Gasteiger partial charge < -0.3 is 4.42 Å². The number of oxazole rings is 1. The highest BCUT2D eigenvalue weighted by molar-refractivity contribution is 7.99. The molecule has 2 N–H and O–H groups in total. The summed E-state index contributed by atoms with van der Waals surface area (Å²) < 4.78 is 5.35. The van der Waals surface area contributed by atoms with Crippen molar-refractivity contribution in [1.82, 2.24) is 10.5 Å². The summed E-state index contributed by atoms with van der Waals surface area (Å²) >= 11 is 6.88. The predicted octanol–water partition coefficient (Wildman–Crippen LogP) is 2.08. The number of fused-ring (bicyclic) bond motifs is 1. The van der Waals surface area contributed by atoms with Gasteiger partial charge in [0.05, 0.1) is 5.75 Å². The number of nitrogens with zero attached hydrogens (tertiary/aromatic N) is 1. The molecule has 5 nitrogen and oxygen atoms in total. The van der Waals surface area contributed by atoms with Crippen LogP contribution in [-0.4, -0.2) is 21.9 Å². The summed E-state index contributed by atoms with van der Waals surface area (Å²) in [5, 5.41) is 9.24. The number of nitrogens with one attached hydrogen (secondary N) is 1. The highest BCUT2D eigenvalue weighted by atomic mass is 35.5. The Kier molecular flexibility index (Phi) is 3.33. The van der Waals surface area contributed by atoms with E-state index in [1.54, 1.807) is 18.2 Å². The lowest BCUT2D eigenvalue weighted by molar-refractivity contribution is -0.126. The number of benzene rings is 1. The van der Waals surface area contributed by atoms with Gasteiger partial charge in [0.1, 0.15) is 5.52 Å². The average Bonchev–Trinajstić information content (AvgIpc) is 2.67. The van der Waals surface area contributed by atoms with E-state index in [2.05, 4.69) is 4.98 Å². The second-order valence-corrected chi connectivity index (χ2v) is 4.28. The van der Waals surface area contributed by atoms with Crippen molar-refractivity contribution in [2.24, 2.45) is 0 Å². The third kappa shape index (κ3) is 2.46. The Bertz CT molecular complexity index is 528. The van der Waals surface area contributed by atoms with E-state index in [0.29, 0.717) is 21.3 Å². The van der Waals surface area contributed by atoms with Crippen LogP contribution in [-0.2, 0) is 4.79 Å². The van der Waals surface area contributed by atoms with Crippen molar-refractivity contribution in [2.75, 3.05) is 5.75 Å². The number of aromatic nitrogens is 1. The first-order valence-corrected chi connectivity index (χ1v) is 5.67. The molecular formula is C9H7ClN2O3S. The normalized spacial score (nSPS) is 10.6. The fourth-order valence-corrected chi connectivity index (χ4v) is 1.90. The van der Waals surface area contributed by atoms with Gasteiger partial charge in [-0.3, -0.25) is 10.0 Å². The van der Waals surface area contributed by atoms with Crippen molar-refractivity contribution in [3.05, 3.63) is 23.2 Å². The van der Waals surface area contributed by atoms with E-state index in [1.807, 2.05) is 0 Å². The number of hydroxylamine groups is 1. The van der Waals surface area contributed by atoms with Crippen LogP contribution in [0.1, 0.15) is 0 Å². The van der Waals surface area contributed by atoms with E-state index in [9.17, 15) is 4.79 Å². The van der Waals surface area contributed by atoms with Gasteiger partial charge in [-0.1, -0.05) is 23.4 Å². The second-order valence-electron chi connectivity index (χ2n) is 2.92. The van der Waals surface area contributed by atoms with Crippen molar-refractivity contribution in [3.63, 3.8) is 0 Å². The topological polar surface area (TPSA) is 75.4 Å². The maximum absolute atomic E-state index is 10.8. The number of carbonyl (C=O) groups is 1. The van der Waals surface area contributed by atoms with Crippen LogP contribution < -0.4 is 5.48 Å². The molecule has 0 spiro atoms. The molecule has 1 aromatic carbocycles. The summed E-state index contributed by atoms with van der Waals surface area (Å²) in [7, 11) is 0. The Morgan fingerprint density at radius 2 is 2.44 bits per heavy atom. The van der Waals surface area contributed by atoms with E-state index >= 15 is 0 Å². The Morgan fingerprint density at radius 1 is 1.62 bits per heavy atom. The summed E-state index contributed by atoms with van der Waals surface area (Å²) in [6.07, 6.45) is 0. The van der Waals surface area contributed by atoms with Crippen LogP contribution in [0.4, 0.5) is 0 Å². The molecule has 0 unspecified atom stereocenters. The lowest BCUT2D eigenvalue weighted by Crippen LogP contribution is -2.20. The molecule has 0 bridgehead atoms. The minimum absolute atomic E-state index is 0.0387. The highest BCUT2D eigenvalue weighted by Crippen LogP contribution is 2.25. The molecule has 1 amide bonds. The maximum atomic E-state index is 10.8. The van der Waals surface area contributed by atoms with E-state index < -0.39 is 5.91 Å². The van der Waals surface area contributed by atoms with Gasteiger partial charge in [0.2, 0.25) is 0 Å². The lowest BCUT2D eigenvalue weighted by Gasteiger charge is -1.93. The number of halogens is 1. The second kappa shape index (κ2) is 4.73. The summed E-state index contributed by atoms with van der Waals surface area (Å²) in [4.78, 5) is 14.9. The number of amides is 1. The molecule has 0 aliphatic rings. The van der Waals surface area contributed by atoms with Crippen molar-refractivity contribution >= 4 is 40.4 Å². The van der Waals surface area contributed by atoms with Crippen molar-refractivity contribution in [2.45, 2.75) is 5.22 Å². The molecular weight excluding hydrogens is 252 g/mol. The fraction of sp³-hybridized carbons (Fsp3) is 0.111. The van der Waals surface area contributed by atoms with Gasteiger partial charge >= 0.3 is 0 Å². The Morgan fingerprint density at radius 3 is 3.19 bits per heavy atom. The number of carbonyl (C=O) groups excluding carboxylic acids is 1. The van der Waals surface area contributed by atoms with Crippen LogP contribution in [0, 0.1) is 0 Å². The van der Waals surface area contributed by atoms with Crippen molar-refractivity contribution in [1.29, 1.82) is 0 Å². The van der Waals surface area contributed by atoms with E-state index in [4.69, 9.17) is 21.2 Å². The minimum Gasteiger partial charge on any atom is -0.431 e.